The molecule has 2 heterocycles. The number of para-hydroxylation sites is 1. The van der Waals surface area contributed by atoms with Gasteiger partial charge in [0.2, 0.25) is 5.91 Å². The Morgan fingerprint density at radius 3 is 2.89 bits per heavy atom. The lowest BCUT2D eigenvalue weighted by Crippen LogP contribution is -2.37. The number of methoxy groups -OCH3 is 1. The van der Waals surface area contributed by atoms with Crippen LogP contribution >= 0.6 is 11.8 Å². The third kappa shape index (κ3) is 3.39. The molecule has 4 nitrogen and oxygen atoms in total. The van der Waals surface area contributed by atoms with Gasteiger partial charge in [0.05, 0.1) is 18.4 Å². The molecule has 0 fully saturated rings. The maximum atomic E-state index is 12.9. The fraction of sp³-hybridized carbons (Fsp3) is 0.273. The van der Waals surface area contributed by atoms with Crippen LogP contribution in [0, 0.1) is 6.92 Å². The normalized spacial score (nSPS) is 15.8. The van der Waals surface area contributed by atoms with Crippen LogP contribution in [-0.4, -0.2) is 29.8 Å². The summed E-state index contributed by atoms with van der Waals surface area (Å²) in [6.45, 7) is 4.14. The zero-order valence-corrected chi connectivity index (χ0v) is 16.5. The van der Waals surface area contributed by atoms with Gasteiger partial charge in [0.25, 0.3) is 0 Å². The molecule has 1 aliphatic heterocycles. The number of rotatable bonds is 4. The molecule has 138 valence electrons. The number of aromatic nitrogens is 1. The van der Waals surface area contributed by atoms with Crippen LogP contribution in [0.25, 0.3) is 10.9 Å². The van der Waals surface area contributed by atoms with Crippen molar-refractivity contribution in [2.75, 3.05) is 17.8 Å². The average molecular weight is 378 g/mol. The van der Waals surface area contributed by atoms with Gasteiger partial charge in [-0.2, -0.15) is 0 Å². The van der Waals surface area contributed by atoms with Crippen LogP contribution in [0.1, 0.15) is 18.1 Å². The van der Waals surface area contributed by atoms with Crippen LogP contribution in [0.15, 0.2) is 53.6 Å². The number of nitrogens with zero attached hydrogens (tertiary/aromatic N) is 2. The summed E-state index contributed by atoms with van der Waals surface area (Å²) in [5, 5.41) is 1.97. The highest BCUT2D eigenvalue weighted by Gasteiger charge is 2.30. The summed E-state index contributed by atoms with van der Waals surface area (Å²) in [6, 6.07) is 16.4. The van der Waals surface area contributed by atoms with Crippen molar-refractivity contribution >= 4 is 34.3 Å². The topological polar surface area (TPSA) is 42.4 Å². The first-order valence-corrected chi connectivity index (χ1v) is 10.0. The molecule has 1 unspecified atom stereocenters. The van der Waals surface area contributed by atoms with Gasteiger partial charge in [-0.25, -0.2) is 4.98 Å². The van der Waals surface area contributed by atoms with E-state index in [0.29, 0.717) is 5.75 Å². The van der Waals surface area contributed by atoms with E-state index in [4.69, 9.17) is 9.72 Å². The zero-order chi connectivity index (χ0) is 19.0. The summed E-state index contributed by atoms with van der Waals surface area (Å²) in [6.07, 6.45) is 0.916. The molecule has 0 N–H and O–H groups in total. The van der Waals surface area contributed by atoms with Gasteiger partial charge in [0.1, 0.15) is 10.8 Å². The highest BCUT2D eigenvalue weighted by atomic mass is 32.2. The Morgan fingerprint density at radius 1 is 1.26 bits per heavy atom. The Hall–Kier alpha value is -2.53. The molecule has 27 heavy (non-hydrogen) atoms. The second kappa shape index (κ2) is 7.24. The van der Waals surface area contributed by atoms with Gasteiger partial charge in [-0.05, 0) is 55.7 Å². The molecular formula is C22H22N2O2S. The van der Waals surface area contributed by atoms with Gasteiger partial charge in [-0.1, -0.05) is 30.0 Å². The minimum Gasteiger partial charge on any atom is -0.497 e. The monoisotopic (exact) mass is 378 g/mol. The highest BCUT2D eigenvalue weighted by Crippen LogP contribution is 2.33. The summed E-state index contributed by atoms with van der Waals surface area (Å²) >= 11 is 1.50. The van der Waals surface area contributed by atoms with E-state index in [1.54, 1.807) is 7.11 Å². The number of amides is 1. The Kier molecular flexibility index (Phi) is 4.79. The smallest absolute Gasteiger partial charge is 0.237 e. The fourth-order valence-corrected chi connectivity index (χ4v) is 4.50. The predicted molar refractivity (Wildman–Crippen MR) is 111 cm³/mol. The average Bonchev–Trinajstić information content (AvgIpc) is 3.01. The molecule has 3 aromatic rings. The van der Waals surface area contributed by atoms with E-state index in [1.807, 2.05) is 48.2 Å². The molecule has 1 atom stereocenters. The highest BCUT2D eigenvalue weighted by molar-refractivity contribution is 8.00. The van der Waals surface area contributed by atoms with Crippen molar-refractivity contribution < 1.29 is 9.53 Å². The van der Waals surface area contributed by atoms with Gasteiger partial charge in [-0.3, -0.25) is 4.79 Å². The van der Waals surface area contributed by atoms with Crippen molar-refractivity contribution in [2.45, 2.75) is 31.3 Å². The van der Waals surface area contributed by atoms with Crippen LogP contribution < -0.4 is 9.64 Å². The Balaban J connectivity index is 1.54. The summed E-state index contributed by atoms with van der Waals surface area (Å²) in [4.78, 5) is 19.6. The molecule has 0 saturated heterocycles. The van der Waals surface area contributed by atoms with E-state index >= 15 is 0 Å². The minimum atomic E-state index is 0.129. The fourth-order valence-electron chi connectivity index (χ4n) is 3.65. The van der Waals surface area contributed by atoms with E-state index in [2.05, 4.69) is 19.1 Å². The second-order valence-corrected chi connectivity index (χ2v) is 7.87. The van der Waals surface area contributed by atoms with E-state index in [9.17, 15) is 4.79 Å². The van der Waals surface area contributed by atoms with Crippen molar-refractivity contribution in [3.8, 4) is 5.75 Å². The number of anilines is 1. The third-order valence-electron chi connectivity index (χ3n) is 4.98. The second-order valence-electron chi connectivity index (χ2n) is 6.90. The number of hydrogen-bond donors (Lipinski definition) is 0. The summed E-state index contributed by atoms with van der Waals surface area (Å²) in [5.74, 6) is 1.29. The Bertz CT molecular complexity index is 1020. The van der Waals surface area contributed by atoms with E-state index < -0.39 is 0 Å². The number of benzene rings is 2. The van der Waals surface area contributed by atoms with Gasteiger partial charge in [0, 0.05) is 23.2 Å². The first kappa shape index (κ1) is 17.9. The lowest BCUT2D eigenvalue weighted by Gasteiger charge is -2.22. The van der Waals surface area contributed by atoms with Crippen LogP contribution in [0.4, 0.5) is 5.69 Å². The molecule has 2 aromatic carbocycles. The molecule has 1 aliphatic rings. The molecule has 0 saturated carbocycles. The SMILES string of the molecule is COc1ccc2cc(C)c(SCC(=O)N3c4ccccc4CC3C)nc2c1. The number of hydrogen-bond acceptors (Lipinski definition) is 4. The van der Waals surface area contributed by atoms with Crippen molar-refractivity contribution in [3.05, 3.63) is 59.7 Å². The van der Waals surface area contributed by atoms with Crippen LogP contribution in [0.2, 0.25) is 0 Å². The van der Waals surface area contributed by atoms with Crippen LogP contribution in [-0.2, 0) is 11.2 Å². The number of carbonyl (C=O) groups excluding carboxylic acids is 1. The van der Waals surface area contributed by atoms with Gasteiger partial charge < -0.3 is 9.64 Å². The minimum absolute atomic E-state index is 0.129. The van der Waals surface area contributed by atoms with Crippen molar-refractivity contribution in [1.29, 1.82) is 0 Å². The molecule has 4 rings (SSSR count). The summed E-state index contributed by atoms with van der Waals surface area (Å²) < 4.78 is 5.30. The van der Waals surface area contributed by atoms with Gasteiger partial charge in [-0.15, -0.1) is 0 Å². The maximum absolute atomic E-state index is 12.9. The number of aryl methyl sites for hydroxylation is 1. The Labute approximate surface area is 163 Å². The first-order chi connectivity index (χ1) is 13.1. The molecule has 0 radical (unpaired) electrons. The number of carbonyl (C=O) groups is 1. The number of thioether (sulfide) groups is 1. The van der Waals surface area contributed by atoms with E-state index in [1.165, 1.54) is 17.3 Å². The number of fused-ring (bicyclic) bond motifs is 2. The lowest BCUT2D eigenvalue weighted by molar-refractivity contribution is -0.116. The molecule has 5 heteroatoms. The summed E-state index contributed by atoms with van der Waals surface area (Å²) in [7, 11) is 1.65. The van der Waals surface area contributed by atoms with Crippen molar-refractivity contribution in [2.24, 2.45) is 0 Å². The van der Waals surface area contributed by atoms with Crippen molar-refractivity contribution in [1.82, 2.24) is 4.98 Å². The van der Waals surface area contributed by atoms with Crippen LogP contribution in [0.5, 0.6) is 5.75 Å². The molecular weight excluding hydrogens is 356 g/mol. The largest absolute Gasteiger partial charge is 0.497 e. The van der Waals surface area contributed by atoms with Crippen molar-refractivity contribution in [3.63, 3.8) is 0 Å². The molecule has 1 aromatic heterocycles. The molecule has 0 bridgehead atoms. The molecule has 0 spiro atoms. The summed E-state index contributed by atoms with van der Waals surface area (Å²) in [5.41, 5.74) is 4.26. The Morgan fingerprint density at radius 2 is 2.07 bits per heavy atom. The van der Waals surface area contributed by atoms with Gasteiger partial charge >= 0.3 is 0 Å². The maximum Gasteiger partial charge on any atom is 0.237 e. The number of pyridine rings is 1. The lowest BCUT2D eigenvalue weighted by atomic mass is 10.1. The van der Waals surface area contributed by atoms with Gasteiger partial charge in [0.15, 0.2) is 0 Å². The third-order valence-corrected chi connectivity index (χ3v) is 6.06. The molecule has 1 amide bonds. The van der Waals surface area contributed by atoms with E-state index in [-0.39, 0.29) is 11.9 Å². The standard InChI is InChI=1S/C22H22N2O2S/c1-14-10-16-8-9-18(26-3)12-19(16)23-22(14)27-13-21(25)24-15(2)11-17-6-4-5-7-20(17)24/h4-10,12,15H,11,13H2,1-3H3. The number of ether oxygens (including phenoxy) is 1. The molecule has 0 aliphatic carbocycles. The zero-order valence-electron chi connectivity index (χ0n) is 15.7. The van der Waals surface area contributed by atoms with E-state index in [0.717, 1.165) is 39.4 Å². The predicted octanol–water partition coefficient (Wildman–Crippen LogP) is 4.62. The first-order valence-electron chi connectivity index (χ1n) is 9.05. The quantitative estimate of drug-likeness (QED) is 0.621. The van der Waals surface area contributed by atoms with Crippen LogP contribution in [0.3, 0.4) is 0 Å².